The summed E-state index contributed by atoms with van der Waals surface area (Å²) in [5.41, 5.74) is 5.65. The Morgan fingerprint density at radius 3 is 1.32 bits per heavy atom. The predicted octanol–water partition coefficient (Wildman–Crippen LogP) is 9.33. The number of alkyl halides is 1. The summed E-state index contributed by atoms with van der Waals surface area (Å²) in [7, 11) is 1.66. The summed E-state index contributed by atoms with van der Waals surface area (Å²) >= 11 is 6.39. The molecule has 0 fully saturated rings. The molecule has 0 aliphatic heterocycles. The van der Waals surface area contributed by atoms with Crippen molar-refractivity contribution in [3.8, 4) is 5.75 Å². The summed E-state index contributed by atoms with van der Waals surface area (Å²) in [6.45, 7) is 11.0. The van der Waals surface area contributed by atoms with Crippen molar-refractivity contribution in [2.45, 2.75) is 5.38 Å². The van der Waals surface area contributed by atoms with Crippen LogP contribution >= 0.6 is 11.6 Å². The van der Waals surface area contributed by atoms with Gasteiger partial charge in [-0.2, -0.15) is 0 Å². The molecule has 0 N–H and O–H groups in total. The second kappa shape index (κ2) is 15.1. The maximum Gasteiger partial charge on any atom is 0.118 e. The molecule has 172 valence electrons. The van der Waals surface area contributed by atoms with Crippen LogP contribution < -0.4 is 4.74 Å². The lowest BCUT2D eigenvalue weighted by Crippen LogP contribution is -1.92. The molecule has 0 amide bonds. The topological polar surface area (TPSA) is 9.23 Å². The molecule has 0 aliphatic carbocycles. The monoisotopic (exact) mass is 466 g/mol. The Hall–Kier alpha value is -3.81. The molecule has 0 aliphatic rings. The molecule has 2 heteroatoms. The standard InChI is InChI=1S/C14H13ClO.C10H10.C8H8/c1-16-13-9-7-12(8-10-13)14(15)11-5-3-2-4-6-11;1-3-9-5-7-10(4-2)8-6-9;1-2-8-6-4-3-5-7-8/h2-10,14H,1H3;3-8H,1-2H2;2-7H,1H2. The zero-order valence-electron chi connectivity index (χ0n) is 19.6. The van der Waals surface area contributed by atoms with Crippen LogP contribution in [0.15, 0.2) is 129 Å². The average molecular weight is 467 g/mol. The van der Waals surface area contributed by atoms with Crippen LogP contribution in [0.2, 0.25) is 0 Å². The average Bonchev–Trinajstić information content (AvgIpc) is 2.94. The SMILES string of the molecule is C=Cc1ccc(C=C)cc1.C=Cc1ccccc1.COc1ccc(C(Cl)c2ccccc2)cc1. The molecule has 0 spiro atoms. The van der Waals surface area contributed by atoms with Gasteiger partial charge < -0.3 is 4.74 Å². The first-order valence-corrected chi connectivity index (χ1v) is 11.4. The van der Waals surface area contributed by atoms with Crippen LogP contribution in [-0.4, -0.2) is 7.11 Å². The number of methoxy groups -OCH3 is 1. The lowest BCUT2D eigenvalue weighted by molar-refractivity contribution is 0.414. The molecule has 4 rings (SSSR count). The molecule has 1 atom stereocenters. The molecule has 0 aromatic heterocycles. The molecule has 0 bridgehead atoms. The smallest absolute Gasteiger partial charge is 0.118 e. The molecular formula is C32H31ClO. The van der Waals surface area contributed by atoms with E-state index in [0.29, 0.717) is 0 Å². The quantitative estimate of drug-likeness (QED) is 0.257. The predicted molar refractivity (Wildman–Crippen MR) is 150 cm³/mol. The summed E-state index contributed by atoms with van der Waals surface area (Å²) in [6, 6.07) is 36.0. The van der Waals surface area contributed by atoms with E-state index in [1.165, 1.54) is 5.56 Å². The summed E-state index contributed by atoms with van der Waals surface area (Å²) < 4.78 is 5.11. The van der Waals surface area contributed by atoms with Crippen LogP contribution in [0.1, 0.15) is 33.2 Å². The van der Waals surface area contributed by atoms with Gasteiger partial charge in [0.1, 0.15) is 5.75 Å². The van der Waals surface area contributed by atoms with Gasteiger partial charge in [0, 0.05) is 0 Å². The molecule has 1 nitrogen and oxygen atoms in total. The Balaban J connectivity index is 0.000000195. The second-order valence-electron chi connectivity index (χ2n) is 7.24. The van der Waals surface area contributed by atoms with Gasteiger partial charge in [-0.05, 0) is 39.9 Å². The van der Waals surface area contributed by atoms with E-state index in [1.807, 2.05) is 127 Å². The van der Waals surface area contributed by atoms with Gasteiger partial charge >= 0.3 is 0 Å². The highest BCUT2D eigenvalue weighted by molar-refractivity contribution is 6.22. The van der Waals surface area contributed by atoms with E-state index in [1.54, 1.807) is 7.11 Å². The fraction of sp³-hybridized carbons (Fsp3) is 0.0625. The molecule has 4 aromatic rings. The summed E-state index contributed by atoms with van der Waals surface area (Å²) in [5, 5.41) is -0.105. The van der Waals surface area contributed by atoms with Crippen molar-refractivity contribution in [3.05, 3.63) is 157 Å². The van der Waals surface area contributed by atoms with E-state index in [0.717, 1.165) is 28.0 Å². The number of hydrogen-bond acceptors (Lipinski definition) is 1. The Kier molecular flexibility index (Phi) is 11.7. The van der Waals surface area contributed by atoms with Crippen LogP contribution in [0.3, 0.4) is 0 Å². The third kappa shape index (κ3) is 8.97. The van der Waals surface area contributed by atoms with Crippen LogP contribution in [0.25, 0.3) is 18.2 Å². The van der Waals surface area contributed by atoms with Crippen molar-refractivity contribution in [1.29, 1.82) is 0 Å². The first kappa shape index (κ1) is 26.4. The Bertz CT molecular complexity index is 1090. The van der Waals surface area contributed by atoms with E-state index >= 15 is 0 Å². The zero-order valence-corrected chi connectivity index (χ0v) is 20.4. The van der Waals surface area contributed by atoms with Crippen molar-refractivity contribution >= 4 is 29.8 Å². The molecule has 0 saturated carbocycles. The molecular weight excluding hydrogens is 436 g/mol. The fourth-order valence-electron chi connectivity index (χ4n) is 2.94. The number of rotatable bonds is 6. The minimum Gasteiger partial charge on any atom is -0.497 e. The van der Waals surface area contributed by atoms with Gasteiger partial charge in [-0.25, -0.2) is 0 Å². The molecule has 0 radical (unpaired) electrons. The highest BCUT2D eigenvalue weighted by atomic mass is 35.5. The van der Waals surface area contributed by atoms with E-state index in [2.05, 4.69) is 19.7 Å². The molecule has 4 aromatic carbocycles. The lowest BCUT2D eigenvalue weighted by atomic mass is 10.0. The first-order chi connectivity index (χ1) is 16.6. The number of benzene rings is 4. The molecule has 34 heavy (non-hydrogen) atoms. The van der Waals surface area contributed by atoms with Gasteiger partial charge in [-0.1, -0.05) is 135 Å². The van der Waals surface area contributed by atoms with Crippen molar-refractivity contribution in [1.82, 2.24) is 0 Å². The van der Waals surface area contributed by atoms with E-state index in [-0.39, 0.29) is 5.38 Å². The van der Waals surface area contributed by atoms with Gasteiger partial charge in [0.05, 0.1) is 12.5 Å². The number of ether oxygens (including phenoxy) is 1. The normalized spacial score (nSPS) is 10.3. The largest absolute Gasteiger partial charge is 0.497 e. The first-order valence-electron chi connectivity index (χ1n) is 11.0. The van der Waals surface area contributed by atoms with Crippen LogP contribution in [0, 0.1) is 0 Å². The summed E-state index contributed by atoms with van der Waals surface area (Å²) in [5.74, 6) is 0.848. The van der Waals surface area contributed by atoms with Crippen LogP contribution in [0.4, 0.5) is 0 Å². The Labute approximate surface area is 209 Å². The minimum absolute atomic E-state index is 0.105. The van der Waals surface area contributed by atoms with E-state index < -0.39 is 0 Å². The van der Waals surface area contributed by atoms with Crippen LogP contribution in [-0.2, 0) is 0 Å². The molecule has 0 saturated heterocycles. The summed E-state index contributed by atoms with van der Waals surface area (Å²) in [4.78, 5) is 0. The van der Waals surface area contributed by atoms with E-state index in [9.17, 15) is 0 Å². The van der Waals surface area contributed by atoms with Gasteiger partial charge in [0.2, 0.25) is 0 Å². The minimum atomic E-state index is -0.105. The summed E-state index contributed by atoms with van der Waals surface area (Å²) in [6.07, 6.45) is 5.49. The second-order valence-corrected chi connectivity index (χ2v) is 7.67. The van der Waals surface area contributed by atoms with Gasteiger partial charge in [0.15, 0.2) is 0 Å². The third-order valence-electron chi connectivity index (χ3n) is 4.94. The number of halogens is 1. The fourth-order valence-corrected chi connectivity index (χ4v) is 3.24. The van der Waals surface area contributed by atoms with Crippen molar-refractivity contribution < 1.29 is 4.74 Å². The van der Waals surface area contributed by atoms with Crippen molar-refractivity contribution in [2.24, 2.45) is 0 Å². The number of hydrogen-bond donors (Lipinski definition) is 0. The van der Waals surface area contributed by atoms with E-state index in [4.69, 9.17) is 16.3 Å². The highest BCUT2D eigenvalue weighted by Gasteiger charge is 2.09. The van der Waals surface area contributed by atoms with Crippen molar-refractivity contribution in [3.63, 3.8) is 0 Å². The molecule has 0 heterocycles. The highest BCUT2D eigenvalue weighted by Crippen LogP contribution is 2.29. The maximum absolute atomic E-state index is 6.39. The zero-order chi connectivity index (χ0) is 24.6. The Morgan fingerprint density at radius 2 is 0.941 bits per heavy atom. The van der Waals surface area contributed by atoms with Gasteiger partial charge in [0.25, 0.3) is 0 Å². The lowest BCUT2D eigenvalue weighted by Gasteiger charge is -2.10. The van der Waals surface area contributed by atoms with Gasteiger partial charge in [-0.15, -0.1) is 11.6 Å². The maximum atomic E-state index is 6.39. The van der Waals surface area contributed by atoms with Gasteiger partial charge in [-0.3, -0.25) is 0 Å². The van der Waals surface area contributed by atoms with Crippen molar-refractivity contribution in [2.75, 3.05) is 7.11 Å². The third-order valence-corrected chi connectivity index (χ3v) is 5.45. The Morgan fingerprint density at radius 1 is 0.559 bits per heavy atom. The van der Waals surface area contributed by atoms with Crippen LogP contribution in [0.5, 0.6) is 5.75 Å². The molecule has 1 unspecified atom stereocenters.